The molecule has 1 aliphatic heterocycles. The normalized spacial score (nSPS) is 14.9. The standard InChI is InChI=1S/C25H30N2O4/c1-29-22-18-21(19-23(30-2)25(22)31-3)11-12-24(28)27-16-14-26(15-17-27)13-7-10-20-8-5-4-6-9-20/h4-12,18-19H,13-17H2,1-3H3. The molecule has 1 aliphatic rings. The topological polar surface area (TPSA) is 51.2 Å². The third-order valence-corrected chi connectivity index (χ3v) is 5.26. The molecule has 0 aromatic heterocycles. The van der Waals surface area contributed by atoms with Gasteiger partial charge in [0.05, 0.1) is 21.3 Å². The van der Waals surface area contributed by atoms with Crippen LogP contribution in [-0.2, 0) is 4.79 Å². The van der Waals surface area contributed by atoms with Crippen LogP contribution in [0.3, 0.4) is 0 Å². The molecular weight excluding hydrogens is 392 g/mol. The minimum absolute atomic E-state index is 0.00762. The van der Waals surface area contributed by atoms with E-state index in [-0.39, 0.29) is 5.91 Å². The Morgan fingerprint density at radius 2 is 1.52 bits per heavy atom. The summed E-state index contributed by atoms with van der Waals surface area (Å²) in [7, 11) is 4.71. The first kappa shape index (κ1) is 22.4. The maximum Gasteiger partial charge on any atom is 0.246 e. The molecule has 6 heteroatoms. The van der Waals surface area contributed by atoms with Gasteiger partial charge in [0.1, 0.15) is 0 Å². The lowest BCUT2D eigenvalue weighted by molar-refractivity contribution is -0.127. The highest BCUT2D eigenvalue weighted by Crippen LogP contribution is 2.38. The maximum atomic E-state index is 12.6. The second-order valence-corrected chi connectivity index (χ2v) is 7.23. The zero-order chi connectivity index (χ0) is 22.1. The molecule has 1 amide bonds. The van der Waals surface area contributed by atoms with Crippen LogP contribution in [0, 0.1) is 0 Å². The van der Waals surface area contributed by atoms with Gasteiger partial charge in [0.25, 0.3) is 0 Å². The second kappa shape index (κ2) is 11.2. The molecule has 6 nitrogen and oxygen atoms in total. The van der Waals surface area contributed by atoms with Crippen molar-refractivity contribution < 1.29 is 19.0 Å². The van der Waals surface area contributed by atoms with Crippen molar-refractivity contribution in [1.82, 2.24) is 9.80 Å². The van der Waals surface area contributed by atoms with Crippen LogP contribution in [0.2, 0.25) is 0 Å². The van der Waals surface area contributed by atoms with Gasteiger partial charge < -0.3 is 19.1 Å². The van der Waals surface area contributed by atoms with Crippen LogP contribution in [0.4, 0.5) is 0 Å². The van der Waals surface area contributed by atoms with Crippen LogP contribution in [0.15, 0.2) is 54.6 Å². The molecule has 164 valence electrons. The lowest BCUT2D eigenvalue weighted by Crippen LogP contribution is -2.48. The Morgan fingerprint density at radius 3 is 2.10 bits per heavy atom. The third kappa shape index (κ3) is 6.12. The number of piperazine rings is 1. The number of hydrogen-bond donors (Lipinski definition) is 0. The lowest BCUT2D eigenvalue weighted by Gasteiger charge is -2.33. The summed E-state index contributed by atoms with van der Waals surface area (Å²) in [5, 5.41) is 0. The number of benzene rings is 2. The maximum absolute atomic E-state index is 12.6. The molecule has 0 aliphatic carbocycles. The molecule has 0 N–H and O–H groups in total. The molecule has 1 heterocycles. The molecule has 2 aromatic carbocycles. The van der Waals surface area contributed by atoms with Gasteiger partial charge >= 0.3 is 0 Å². The van der Waals surface area contributed by atoms with Crippen molar-refractivity contribution in [2.75, 3.05) is 54.1 Å². The SMILES string of the molecule is COc1cc(C=CC(=O)N2CCN(CC=Cc3ccccc3)CC2)cc(OC)c1OC. The van der Waals surface area contributed by atoms with Gasteiger partial charge in [-0.25, -0.2) is 0 Å². The van der Waals surface area contributed by atoms with Crippen molar-refractivity contribution in [3.63, 3.8) is 0 Å². The summed E-state index contributed by atoms with van der Waals surface area (Å²) in [5.74, 6) is 1.66. The van der Waals surface area contributed by atoms with E-state index in [1.165, 1.54) is 5.56 Å². The van der Waals surface area contributed by atoms with Crippen molar-refractivity contribution in [3.05, 3.63) is 65.7 Å². The van der Waals surface area contributed by atoms with Crippen molar-refractivity contribution in [2.45, 2.75) is 0 Å². The summed E-state index contributed by atoms with van der Waals surface area (Å²) >= 11 is 0. The van der Waals surface area contributed by atoms with Gasteiger partial charge in [-0.15, -0.1) is 0 Å². The number of nitrogens with zero attached hydrogens (tertiary/aromatic N) is 2. The van der Waals surface area contributed by atoms with Gasteiger partial charge in [0.2, 0.25) is 11.7 Å². The quantitative estimate of drug-likeness (QED) is 0.609. The Labute approximate surface area is 184 Å². The van der Waals surface area contributed by atoms with Gasteiger partial charge in [-0.3, -0.25) is 9.69 Å². The fourth-order valence-electron chi connectivity index (χ4n) is 3.52. The Balaban J connectivity index is 1.53. The van der Waals surface area contributed by atoms with Crippen LogP contribution in [0.1, 0.15) is 11.1 Å². The van der Waals surface area contributed by atoms with Crippen LogP contribution >= 0.6 is 0 Å². The number of carbonyl (C=O) groups excluding carboxylic acids is 1. The fraction of sp³-hybridized carbons (Fsp3) is 0.320. The van der Waals surface area contributed by atoms with Gasteiger partial charge in [-0.05, 0) is 29.3 Å². The van der Waals surface area contributed by atoms with Gasteiger partial charge in [-0.1, -0.05) is 42.5 Å². The molecule has 31 heavy (non-hydrogen) atoms. The number of amides is 1. The Kier molecular flexibility index (Phi) is 8.12. The van der Waals surface area contributed by atoms with Gasteiger partial charge in [-0.2, -0.15) is 0 Å². The van der Waals surface area contributed by atoms with E-state index in [2.05, 4.69) is 29.2 Å². The molecule has 0 bridgehead atoms. The molecular formula is C25H30N2O4. The van der Waals surface area contributed by atoms with Crippen LogP contribution in [0.5, 0.6) is 17.2 Å². The third-order valence-electron chi connectivity index (χ3n) is 5.26. The van der Waals surface area contributed by atoms with E-state index in [9.17, 15) is 4.79 Å². The molecule has 0 radical (unpaired) electrons. The number of methoxy groups -OCH3 is 3. The van der Waals surface area contributed by atoms with Crippen molar-refractivity contribution in [2.24, 2.45) is 0 Å². The van der Waals surface area contributed by atoms with E-state index in [0.717, 1.165) is 38.3 Å². The Hall–Kier alpha value is -3.25. The zero-order valence-electron chi connectivity index (χ0n) is 18.4. The molecule has 0 spiro atoms. The highest BCUT2D eigenvalue weighted by molar-refractivity contribution is 5.92. The molecule has 1 fully saturated rings. The number of carbonyl (C=O) groups is 1. The predicted octanol–water partition coefficient (Wildman–Crippen LogP) is 3.58. The van der Waals surface area contributed by atoms with E-state index in [1.54, 1.807) is 33.5 Å². The van der Waals surface area contributed by atoms with E-state index in [4.69, 9.17) is 14.2 Å². The summed E-state index contributed by atoms with van der Waals surface area (Å²) in [6, 6.07) is 13.9. The van der Waals surface area contributed by atoms with Crippen LogP contribution in [0.25, 0.3) is 12.2 Å². The van der Waals surface area contributed by atoms with Crippen molar-refractivity contribution in [3.8, 4) is 17.2 Å². The molecule has 3 rings (SSSR count). The largest absolute Gasteiger partial charge is 0.493 e. The Morgan fingerprint density at radius 1 is 0.871 bits per heavy atom. The highest BCUT2D eigenvalue weighted by Gasteiger charge is 2.19. The predicted molar refractivity (Wildman–Crippen MR) is 124 cm³/mol. The van der Waals surface area contributed by atoms with Gasteiger partial charge in [0.15, 0.2) is 11.5 Å². The summed E-state index contributed by atoms with van der Waals surface area (Å²) < 4.78 is 16.1. The van der Waals surface area contributed by atoms with E-state index in [1.807, 2.05) is 35.2 Å². The Bertz CT molecular complexity index is 891. The zero-order valence-corrected chi connectivity index (χ0v) is 18.4. The van der Waals surface area contributed by atoms with E-state index < -0.39 is 0 Å². The first-order valence-corrected chi connectivity index (χ1v) is 10.4. The smallest absolute Gasteiger partial charge is 0.246 e. The molecule has 0 unspecified atom stereocenters. The van der Waals surface area contributed by atoms with Crippen molar-refractivity contribution >= 4 is 18.1 Å². The molecule has 0 atom stereocenters. The molecule has 0 saturated carbocycles. The lowest BCUT2D eigenvalue weighted by atomic mass is 10.1. The van der Waals surface area contributed by atoms with E-state index in [0.29, 0.717) is 17.2 Å². The molecule has 2 aromatic rings. The van der Waals surface area contributed by atoms with Crippen molar-refractivity contribution in [1.29, 1.82) is 0 Å². The first-order chi connectivity index (χ1) is 15.1. The number of rotatable bonds is 8. The summed E-state index contributed by atoms with van der Waals surface area (Å²) in [6.45, 7) is 4.05. The van der Waals surface area contributed by atoms with Crippen LogP contribution < -0.4 is 14.2 Å². The minimum Gasteiger partial charge on any atom is -0.493 e. The summed E-state index contributed by atoms with van der Waals surface area (Å²) in [5.41, 5.74) is 2.01. The van der Waals surface area contributed by atoms with Gasteiger partial charge in [0, 0.05) is 38.8 Å². The average Bonchev–Trinajstić information content (AvgIpc) is 2.82. The average molecular weight is 423 g/mol. The highest BCUT2D eigenvalue weighted by atomic mass is 16.5. The number of hydrogen-bond acceptors (Lipinski definition) is 5. The fourth-order valence-corrected chi connectivity index (χ4v) is 3.52. The second-order valence-electron chi connectivity index (χ2n) is 7.23. The first-order valence-electron chi connectivity index (χ1n) is 10.4. The minimum atomic E-state index is 0.00762. The summed E-state index contributed by atoms with van der Waals surface area (Å²) in [4.78, 5) is 16.9. The summed E-state index contributed by atoms with van der Waals surface area (Å²) in [6.07, 6.45) is 7.70. The van der Waals surface area contributed by atoms with E-state index >= 15 is 0 Å². The monoisotopic (exact) mass is 422 g/mol. The molecule has 1 saturated heterocycles. The number of ether oxygens (including phenoxy) is 3. The van der Waals surface area contributed by atoms with Crippen LogP contribution in [-0.4, -0.2) is 69.8 Å².